The van der Waals surface area contributed by atoms with E-state index in [0.717, 1.165) is 62.3 Å². The van der Waals surface area contributed by atoms with Crippen molar-refractivity contribution in [1.29, 1.82) is 0 Å². The van der Waals surface area contributed by atoms with Gasteiger partial charge in [-0.2, -0.15) is 13.2 Å². The first-order valence-electron chi connectivity index (χ1n) is 14.9. The fourth-order valence-electron chi connectivity index (χ4n) is 7.35. The van der Waals surface area contributed by atoms with Crippen LogP contribution in [-0.2, 0) is 16.5 Å². The maximum absolute atomic E-state index is 13.7. The Balaban J connectivity index is 1.19. The molecule has 0 bridgehead atoms. The van der Waals surface area contributed by atoms with Crippen LogP contribution < -0.4 is 10.1 Å². The Morgan fingerprint density at radius 1 is 0.976 bits per heavy atom. The lowest BCUT2D eigenvalue weighted by Crippen LogP contribution is -2.52. The van der Waals surface area contributed by atoms with Gasteiger partial charge >= 0.3 is 6.18 Å². The summed E-state index contributed by atoms with van der Waals surface area (Å²) in [5.74, 6) is 0.909. The fourth-order valence-corrected chi connectivity index (χ4v) is 7.35. The van der Waals surface area contributed by atoms with Crippen LogP contribution in [-0.4, -0.2) is 56.7 Å². The monoisotopic (exact) mass is 579 g/mol. The second-order valence-electron chi connectivity index (χ2n) is 12.2. The summed E-state index contributed by atoms with van der Waals surface area (Å²) in [6.45, 7) is 2.65. The van der Waals surface area contributed by atoms with Crippen LogP contribution in [0.1, 0.15) is 60.1 Å². The van der Waals surface area contributed by atoms with Gasteiger partial charge in [-0.15, -0.1) is 0 Å². The van der Waals surface area contributed by atoms with Gasteiger partial charge in [0.25, 0.3) is 0 Å². The predicted octanol–water partition coefficient (Wildman–Crippen LogP) is 7.27. The van der Waals surface area contributed by atoms with Gasteiger partial charge in [0.05, 0.1) is 30.9 Å². The molecule has 3 aliphatic rings. The molecule has 0 aromatic heterocycles. The molecule has 0 radical (unpaired) electrons. The Kier molecular flexibility index (Phi) is 7.98. The molecule has 3 aliphatic heterocycles. The number of hydrogen-bond acceptors (Lipinski definition) is 5. The first-order chi connectivity index (χ1) is 20.2. The number of rotatable bonds is 6. The van der Waals surface area contributed by atoms with Gasteiger partial charge in [0, 0.05) is 42.3 Å². The third-order valence-electron chi connectivity index (χ3n) is 9.76. The average Bonchev–Trinajstić information content (AvgIpc) is 3.01. The largest absolute Gasteiger partial charge is 0.497 e. The van der Waals surface area contributed by atoms with Crippen LogP contribution in [0.2, 0.25) is 0 Å². The summed E-state index contributed by atoms with van der Waals surface area (Å²) in [5.41, 5.74) is 3.11. The minimum Gasteiger partial charge on any atom is -0.497 e. The van der Waals surface area contributed by atoms with Crippen molar-refractivity contribution in [3.8, 4) is 5.75 Å². The molecule has 4 atom stereocenters. The molecule has 3 aromatic carbocycles. The van der Waals surface area contributed by atoms with Crippen molar-refractivity contribution in [2.24, 2.45) is 5.92 Å². The van der Waals surface area contributed by atoms with E-state index in [4.69, 9.17) is 9.47 Å². The zero-order valence-electron chi connectivity index (χ0n) is 24.5. The summed E-state index contributed by atoms with van der Waals surface area (Å²) in [6, 6.07) is 22.6. The second-order valence-corrected chi connectivity index (χ2v) is 12.2. The topological polar surface area (TPSA) is 37.0 Å². The van der Waals surface area contributed by atoms with Crippen molar-refractivity contribution in [1.82, 2.24) is 9.80 Å². The van der Waals surface area contributed by atoms with E-state index in [-0.39, 0.29) is 23.6 Å². The van der Waals surface area contributed by atoms with Crippen LogP contribution in [0, 0.1) is 5.92 Å². The molecule has 0 spiro atoms. The Morgan fingerprint density at radius 2 is 1.69 bits per heavy atom. The van der Waals surface area contributed by atoms with E-state index in [9.17, 15) is 13.2 Å². The number of anilines is 1. The molecule has 224 valence electrons. The van der Waals surface area contributed by atoms with E-state index in [0.29, 0.717) is 5.56 Å². The van der Waals surface area contributed by atoms with E-state index in [1.165, 1.54) is 17.7 Å². The van der Waals surface area contributed by atoms with E-state index in [1.807, 2.05) is 30.3 Å². The molecule has 0 aliphatic carbocycles. The minimum atomic E-state index is -4.40. The van der Waals surface area contributed by atoms with Crippen LogP contribution in [0.15, 0.2) is 72.8 Å². The maximum Gasteiger partial charge on any atom is 0.416 e. The zero-order chi connectivity index (χ0) is 29.5. The lowest BCUT2D eigenvalue weighted by atomic mass is 9.76. The number of ether oxygens (including phenoxy) is 2. The summed E-state index contributed by atoms with van der Waals surface area (Å²) < 4.78 is 53.3. The lowest BCUT2D eigenvalue weighted by Gasteiger charge is -2.49. The molecular weight excluding hydrogens is 539 g/mol. The average molecular weight is 580 g/mol. The summed E-state index contributed by atoms with van der Waals surface area (Å²) in [5, 5.41) is 3.56. The molecule has 5 nitrogen and oxygen atoms in total. The van der Waals surface area contributed by atoms with Gasteiger partial charge in [0.2, 0.25) is 0 Å². The number of hydrogen-bond donors (Lipinski definition) is 1. The van der Waals surface area contributed by atoms with Gasteiger partial charge in [-0.3, -0.25) is 4.90 Å². The van der Waals surface area contributed by atoms with Crippen LogP contribution in [0.5, 0.6) is 5.75 Å². The molecule has 3 aromatic rings. The highest BCUT2D eigenvalue weighted by molar-refractivity contribution is 5.58. The third kappa shape index (κ3) is 5.52. The Labute approximate surface area is 246 Å². The van der Waals surface area contributed by atoms with Gasteiger partial charge in [-0.25, -0.2) is 0 Å². The smallest absolute Gasteiger partial charge is 0.416 e. The third-order valence-corrected chi connectivity index (χ3v) is 9.76. The standard InChI is InChI=1S/C34H40F3N3O2/c1-39(2)33(24-9-12-26(41-3)13-10-24)17-19-40(20-18-33)22-27-14-15-28-31(23-7-5-4-6-8-23)38-30-16-11-25(34(35,36)37)21-29(30)32(28)42-27/h4-13,16,21,27-28,31-32,38H,14-15,17-20,22H2,1-3H3/t27-,28+,31+,32+/m1/s1. The Hall–Kier alpha value is -3.07. The van der Waals surface area contributed by atoms with Crippen molar-refractivity contribution >= 4 is 5.69 Å². The number of nitrogens with one attached hydrogen (secondary N) is 1. The fraction of sp³-hybridized carbons (Fsp3) is 0.471. The second kappa shape index (κ2) is 11.5. The van der Waals surface area contributed by atoms with E-state index in [1.54, 1.807) is 13.2 Å². The molecule has 2 saturated heterocycles. The minimum absolute atomic E-state index is 0.0124. The molecule has 2 fully saturated rings. The molecule has 0 saturated carbocycles. The van der Waals surface area contributed by atoms with E-state index >= 15 is 0 Å². The van der Waals surface area contributed by atoms with Crippen LogP contribution >= 0.6 is 0 Å². The van der Waals surface area contributed by atoms with Crippen LogP contribution in [0.25, 0.3) is 0 Å². The summed E-state index contributed by atoms with van der Waals surface area (Å²) in [7, 11) is 5.98. The first-order valence-corrected chi connectivity index (χ1v) is 14.9. The van der Waals surface area contributed by atoms with Crippen molar-refractivity contribution < 1.29 is 22.6 Å². The molecule has 3 heterocycles. The molecule has 6 rings (SSSR count). The molecule has 1 N–H and O–H groups in total. The van der Waals surface area contributed by atoms with E-state index < -0.39 is 17.8 Å². The maximum atomic E-state index is 13.7. The van der Waals surface area contributed by atoms with Crippen molar-refractivity contribution in [3.05, 3.63) is 95.1 Å². The predicted molar refractivity (Wildman–Crippen MR) is 159 cm³/mol. The molecule has 8 heteroatoms. The summed E-state index contributed by atoms with van der Waals surface area (Å²) in [4.78, 5) is 4.81. The summed E-state index contributed by atoms with van der Waals surface area (Å²) in [6.07, 6.45) is -1.07. The summed E-state index contributed by atoms with van der Waals surface area (Å²) >= 11 is 0. The van der Waals surface area contributed by atoms with Gasteiger partial charge in [0.1, 0.15) is 5.75 Å². The Bertz CT molecular complexity index is 1350. The highest BCUT2D eigenvalue weighted by Crippen LogP contribution is 2.51. The number of methoxy groups -OCH3 is 1. The molecule has 42 heavy (non-hydrogen) atoms. The number of fused-ring (bicyclic) bond motifs is 3. The molecular formula is C34H40F3N3O2. The van der Waals surface area contributed by atoms with Crippen molar-refractivity contribution in [2.75, 3.05) is 46.2 Å². The quantitative estimate of drug-likeness (QED) is 0.333. The van der Waals surface area contributed by atoms with Crippen molar-refractivity contribution in [2.45, 2.75) is 55.6 Å². The lowest BCUT2D eigenvalue weighted by molar-refractivity contribution is -0.138. The molecule has 0 amide bonds. The van der Waals surface area contributed by atoms with Crippen molar-refractivity contribution in [3.63, 3.8) is 0 Å². The normalized spacial score (nSPS) is 25.8. The van der Waals surface area contributed by atoms with Gasteiger partial charge < -0.3 is 19.7 Å². The van der Waals surface area contributed by atoms with Gasteiger partial charge in [0.15, 0.2) is 0 Å². The number of alkyl halides is 3. The molecule has 0 unspecified atom stereocenters. The SMILES string of the molecule is COc1ccc(C2(N(C)C)CCN(C[C@H]3CC[C@@H]4[C@H](O3)c3cc(C(F)(F)F)ccc3N[C@H]4c3ccccc3)CC2)cc1. The number of benzene rings is 3. The zero-order valence-corrected chi connectivity index (χ0v) is 24.5. The highest BCUT2D eigenvalue weighted by atomic mass is 19.4. The number of halogens is 3. The number of nitrogens with zero attached hydrogens (tertiary/aromatic N) is 2. The highest BCUT2D eigenvalue weighted by Gasteiger charge is 2.45. The Morgan fingerprint density at radius 3 is 2.33 bits per heavy atom. The van der Waals surface area contributed by atoms with Crippen LogP contribution in [0.3, 0.4) is 0 Å². The van der Waals surface area contributed by atoms with E-state index in [2.05, 4.69) is 53.5 Å². The number of piperidine rings is 1. The van der Waals surface area contributed by atoms with Gasteiger partial charge in [-0.05, 0) is 81.2 Å². The van der Waals surface area contributed by atoms with Crippen LogP contribution in [0.4, 0.5) is 18.9 Å². The number of likely N-dealkylation sites (tertiary alicyclic amines) is 1. The van der Waals surface area contributed by atoms with Gasteiger partial charge in [-0.1, -0.05) is 42.5 Å². The first kappa shape index (κ1) is 29.0.